The van der Waals surface area contributed by atoms with Crippen LogP contribution in [0, 0.1) is 6.92 Å². The lowest BCUT2D eigenvalue weighted by atomic mass is 9.95. The second-order valence-corrected chi connectivity index (χ2v) is 4.53. The molecule has 0 aliphatic rings. The molecule has 0 fully saturated rings. The third-order valence-corrected chi connectivity index (χ3v) is 3.29. The summed E-state index contributed by atoms with van der Waals surface area (Å²) >= 11 is 0. The maximum absolute atomic E-state index is 9.37. The summed E-state index contributed by atoms with van der Waals surface area (Å²) in [6.45, 7) is 2.13. The third-order valence-electron chi connectivity index (χ3n) is 3.29. The molecule has 0 unspecified atom stereocenters. The van der Waals surface area contributed by atoms with Gasteiger partial charge >= 0.3 is 0 Å². The zero-order valence-corrected chi connectivity index (χ0v) is 10.2. The van der Waals surface area contributed by atoms with Gasteiger partial charge in [0.2, 0.25) is 0 Å². The Balaban J connectivity index is 2.32. The van der Waals surface area contributed by atoms with Crippen molar-refractivity contribution in [3.8, 4) is 16.9 Å². The van der Waals surface area contributed by atoms with Crippen molar-refractivity contribution in [1.29, 1.82) is 0 Å². The Morgan fingerprint density at radius 3 is 2.17 bits per heavy atom. The minimum absolute atomic E-state index is 0.302. The van der Waals surface area contributed by atoms with Crippen molar-refractivity contribution < 1.29 is 5.11 Å². The Kier molecular flexibility index (Phi) is 2.52. The summed E-state index contributed by atoms with van der Waals surface area (Å²) in [7, 11) is 0. The van der Waals surface area contributed by atoms with Gasteiger partial charge in [-0.25, -0.2) is 0 Å². The Morgan fingerprint density at radius 2 is 1.44 bits per heavy atom. The molecule has 3 aromatic rings. The third kappa shape index (κ3) is 1.74. The van der Waals surface area contributed by atoms with E-state index in [4.69, 9.17) is 0 Å². The van der Waals surface area contributed by atoms with Gasteiger partial charge in [0.15, 0.2) is 0 Å². The molecule has 18 heavy (non-hydrogen) atoms. The van der Waals surface area contributed by atoms with E-state index >= 15 is 0 Å². The van der Waals surface area contributed by atoms with Gasteiger partial charge in [-0.1, -0.05) is 48.5 Å². The predicted molar refractivity (Wildman–Crippen MR) is 75.8 cm³/mol. The highest BCUT2D eigenvalue weighted by Crippen LogP contribution is 2.31. The smallest absolute Gasteiger partial charge is 0.115 e. The molecule has 1 heteroatoms. The van der Waals surface area contributed by atoms with Crippen molar-refractivity contribution in [1.82, 2.24) is 0 Å². The molecular weight excluding hydrogens is 220 g/mol. The van der Waals surface area contributed by atoms with Crippen molar-refractivity contribution in [2.75, 3.05) is 0 Å². The number of benzene rings is 3. The molecule has 0 aromatic heterocycles. The SMILES string of the molecule is Cc1cccc2cccc(-c3ccc(O)cc3)c12. The normalized spacial score (nSPS) is 10.7. The van der Waals surface area contributed by atoms with Crippen LogP contribution in [0.1, 0.15) is 5.56 Å². The summed E-state index contributed by atoms with van der Waals surface area (Å²) in [5, 5.41) is 11.9. The van der Waals surface area contributed by atoms with Gasteiger partial charge in [-0.2, -0.15) is 0 Å². The fraction of sp³-hybridized carbons (Fsp3) is 0.0588. The monoisotopic (exact) mass is 234 g/mol. The van der Waals surface area contributed by atoms with E-state index in [9.17, 15) is 5.11 Å². The standard InChI is InChI=1S/C17H14O/c1-12-4-2-5-14-6-3-7-16(17(12)14)13-8-10-15(18)11-9-13/h2-11,18H,1H3. The number of aryl methyl sites for hydroxylation is 1. The number of fused-ring (bicyclic) bond motifs is 1. The molecule has 3 rings (SSSR count). The van der Waals surface area contributed by atoms with Crippen molar-refractivity contribution in [3.05, 3.63) is 66.2 Å². The molecule has 1 nitrogen and oxygen atoms in total. The van der Waals surface area contributed by atoms with E-state index in [1.165, 1.54) is 21.9 Å². The molecule has 0 amide bonds. The first-order chi connectivity index (χ1) is 8.75. The highest BCUT2D eigenvalue weighted by molar-refractivity contribution is 5.98. The maximum Gasteiger partial charge on any atom is 0.115 e. The number of rotatable bonds is 1. The highest BCUT2D eigenvalue weighted by Gasteiger charge is 2.05. The first-order valence-electron chi connectivity index (χ1n) is 6.03. The second-order valence-electron chi connectivity index (χ2n) is 4.53. The van der Waals surface area contributed by atoms with Crippen LogP contribution in [-0.2, 0) is 0 Å². The molecule has 0 heterocycles. The van der Waals surface area contributed by atoms with Gasteiger partial charge in [-0.3, -0.25) is 0 Å². The first kappa shape index (κ1) is 10.8. The zero-order chi connectivity index (χ0) is 12.5. The van der Waals surface area contributed by atoms with E-state index in [0.29, 0.717) is 5.75 Å². The lowest BCUT2D eigenvalue weighted by Gasteiger charge is -2.09. The summed E-state index contributed by atoms with van der Waals surface area (Å²) in [6, 6.07) is 20.0. The van der Waals surface area contributed by atoms with Crippen LogP contribution in [0.4, 0.5) is 0 Å². The van der Waals surface area contributed by atoms with Gasteiger partial charge in [-0.15, -0.1) is 0 Å². The Labute approximate surface area is 106 Å². The Bertz CT molecular complexity index is 691. The molecular formula is C17H14O. The predicted octanol–water partition coefficient (Wildman–Crippen LogP) is 4.52. The average Bonchev–Trinajstić information content (AvgIpc) is 2.39. The van der Waals surface area contributed by atoms with Crippen molar-refractivity contribution in [3.63, 3.8) is 0 Å². The maximum atomic E-state index is 9.37. The van der Waals surface area contributed by atoms with Crippen LogP contribution in [0.2, 0.25) is 0 Å². The largest absolute Gasteiger partial charge is 0.508 e. The van der Waals surface area contributed by atoms with Crippen LogP contribution in [-0.4, -0.2) is 5.11 Å². The van der Waals surface area contributed by atoms with E-state index < -0.39 is 0 Å². The van der Waals surface area contributed by atoms with Crippen LogP contribution < -0.4 is 0 Å². The Morgan fingerprint density at radius 1 is 0.778 bits per heavy atom. The summed E-state index contributed by atoms with van der Waals surface area (Å²) < 4.78 is 0. The average molecular weight is 234 g/mol. The molecule has 0 atom stereocenters. The van der Waals surface area contributed by atoms with Crippen LogP contribution in [0.15, 0.2) is 60.7 Å². The topological polar surface area (TPSA) is 20.2 Å². The van der Waals surface area contributed by atoms with E-state index in [0.717, 1.165) is 5.56 Å². The van der Waals surface area contributed by atoms with E-state index in [1.54, 1.807) is 12.1 Å². The molecule has 0 aliphatic carbocycles. The first-order valence-corrected chi connectivity index (χ1v) is 6.03. The Hall–Kier alpha value is -2.28. The van der Waals surface area contributed by atoms with Gasteiger partial charge in [0.25, 0.3) is 0 Å². The van der Waals surface area contributed by atoms with Gasteiger partial charge in [0.05, 0.1) is 0 Å². The molecule has 3 aromatic carbocycles. The molecule has 0 radical (unpaired) electrons. The summed E-state index contributed by atoms with van der Waals surface area (Å²) in [5.41, 5.74) is 3.62. The number of hydrogen-bond acceptors (Lipinski definition) is 1. The number of aromatic hydroxyl groups is 1. The molecule has 0 aliphatic heterocycles. The van der Waals surface area contributed by atoms with Crippen molar-refractivity contribution >= 4 is 10.8 Å². The lowest BCUT2D eigenvalue weighted by molar-refractivity contribution is 0.475. The van der Waals surface area contributed by atoms with Crippen molar-refractivity contribution in [2.45, 2.75) is 6.92 Å². The van der Waals surface area contributed by atoms with Crippen LogP contribution in [0.25, 0.3) is 21.9 Å². The minimum Gasteiger partial charge on any atom is -0.508 e. The number of hydrogen-bond donors (Lipinski definition) is 1. The molecule has 0 saturated heterocycles. The highest BCUT2D eigenvalue weighted by atomic mass is 16.3. The van der Waals surface area contributed by atoms with Gasteiger partial charge < -0.3 is 5.11 Å². The summed E-state index contributed by atoms with van der Waals surface area (Å²) in [5.74, 6) is 0.302. The molecule has 1 N–H and O–H groups in total. The van der Waals surface area contributed by atoms with Gasteiger partial charge in [0.1, 0.15) is 5.75 Å². The lowest BCUT2D eigenvalue weighted by Crippen LogP contribution is -1.84. The number of phenols is 1. The molecule has 0 spiro atoms. The minimum atomic E-state index is 0.302. The fourth-order valence-electron chi connectivity index (χ4n) is 2.41. The van der Waals surface area contributed by atoms with E-state index in [1.807, 2.05) is 12.1 Å². The number of phenolic OH excluding ortho intramolecular Hbond substituents is 1. The van der Waals surface area contributed by atoms with Crippen LogP contribution in [0.5, 0.6) is 5.75 Å². The second kappa shape index (κ2) is 4.19. The summed E-state index contributed by atoms with van der Waals surface area (Å²) in [6.07, 6.45) is 0. The van der Waals surface area contributed by atoms with Gasteiger partial charge in [0, 0.05) is 0 Å². The van der Waals surface area contributed by atoms with Gasteiger partial charge in [-0.05, 0) is 46.5 Å². The molecule has 0 bridgehead atoms. The van der Waals surface area contributed by atoms with Crippen LogP contribution >= 0.6 is 0 Å². The molecule has 88 valence electrons. The quantitative estimate of drug-likeness (QED) is 0.656. The van der Waals surface area contributed by atoms with E-state index in [-0.39, 0.29) is 0 Å². The summed E-state index contributed by atoms with van der Waals surface area (Å²) in [4.78, 5) is 0. The van der Waals surface area contributed by atoms with E-state index in [2.05, 4.69) is 43.3 Å². The van der Waals surface area contributed by atoms with Crippen LogP contribution in [0.3, 0.4) is 0 Å². The zero-order valence-electron chi connectivity index (χ0n) is 10.2. The fourth-order valence-corrected chi connectivity index (χ4v) is 2.41. The van der Waals surface area contributed by atoms with Crippen molar-refractivity contribution in [2.24, 2.45) is 0 Å². The molecule has 0 saturated carbocycles.